The van der Waals surface area contributed by atoms with Crippen molar-refractivity contribution < 1.29 is 14.0 Å². The Kier molecular flexibility index (Phi) is 4.96. The van der Waals surface area contributed by atoms with Crippen LogP contribution in [0.1, 0.15) is 29.8 Å². The minimum Gasteiger partial charge on any atom is -0.459 e. The van der Waals surface area contributed by atoms with E-state index in [0.717, 1.165) is 19.3 Å². The van der Waals surface area contributed by atoms with Crippen molar-refractivity contribution in [3.05, 3.63) is 48.4 Å². The molecule has 3 rings (SSSR count). The number of hydrogen-bond donors (Lipinski definition) is 3. The van der Waals surface area contributed by atoms with E-state index in [1.165, 1.54) is 6.26 Å². The molecule has 0 spiro atoms. The van der Waals surface area contributed by atoms with Gasteiger partial charge in [0, 0.05) is 17.3 Å². The highest BCUT2D eigenvalue weighted by Gasteiger charge is 2.31. The Bertz CT molecular complexity index is 695. The third-order valence-corrected chi connectivity index (χ3v) is 4.45. The standard InChI is InChI=1S/C18H21N3O3/c19-11-12-3-1-4-15(12)17(22)20-13-6-8-14(9-7-13)21-18(23)16-5-2-10-24-16/h2,5-10,12,15H,1,3-4,11,19H2,(H,20,22)(H,21,23)/t12-,15-/m1/s1. The van der Waals surface area contributed by atoms with Gasteiger partial charge in [0.05, 0.1) is 6.26 Å². The first-order chi connectivity index (χ1) is 11.7. The van der Waals surface area contributed by atoms with Gasteiger partial charge in [-0.05, 0) is 61.7 Å². The molecule has 1 saturated carbocycles. The highest BCUT2D eigenvalue weighted by atomic mass is 16.3. The van der Waals surface area contributed by atoms with Gasteiger partial charge in [0.1, 0.15) is 0 Å². The molecule has 1 aromatic carbocycles. The van der Waals surface area contributed by atoms with Crippen LogP contribution in [0.3, 0.4) is 0 Å². The molecule has 1 aliphatic rings. The smallest absolute Gasteiger partial charge is 0.291 e. The zero-order valence-corrected chi connectivity index (χ0v) is 13.3. The number of nitrogens with two attached hydrogens (primary N) is 1. The number of rotatable bonds is 5. The van der Waals surface area contributed by atoms with Crippen LogP contribution >= 0.6 is 0 Å². The third-order valence-electron chi connectivity index (χ3n) is 4.45. The van der Waals surface area contributed by atoms with E-state index in [1.54, 1.807) is 36.4 Å². The molecule has 6 nitrogen and oxygen atoms in total. The monoisotopic (exact) mass is 327 g/mol. The molecule has 2 atom stereocenters. The fourth-order valence-corrected chi connectivity index (χ4v) is 3.14. The molecule has 1 heterocycles. The lowest BCUT2D eigenvalue weighted by Gasteiger charge is -2.17. The number of carbonyl (C=O) groups excluding carboxylic acids is 2. The fourth-order valence-electron chi connectivity index (χ4n) is 3.14. The second-order valence-corrected chi connectivity index (χ2v) is 6.03. The van der Waals surface area contributed by atoms with E-state index in [0.29, 0.717) is 17.9 Å². The molecule has 126 valence electrons. The zero-order valence-electron chi connectivity index (χ0n) is 13.3. The maximum Gasteiger partial charge on any atom is 0.291 e. The lowest BCUT2D eigenvalue weighted by molar-refractivity contribution is -0.120. The number of furan rings is 1. The molecule has 4 N–H and O–H groups in total. The molecule has 1 aromatic heterocycles. The van der Waals surface area contributed by atoms with Gasteiger partial charge < -0.3 is 20.8 Å². The molecule has 24 heavy (non-hydrogen) atoms. The van der Waals surface area contributed by atoms with Gasteiger partial charge in [0.15, 0.2) is 5.76 Å². The Morgan fingerprint density at radius 1 is 1.08 bits per heavy atom. The van der Waals surface area contributed by atoms with Crippen molar-refractivity contribution in [2.75, 3.05) is 17.2 Å². The van der Waals surface area contributed by atoms with Gasteiger partial charge >= 0.3 is 0 Å². The van der Waals surface area contributed by atoms with Gasteiger partial charge in [0.2, 0.25) is 5.91 Å². The zero-order chi connectivity index (χ0) is 16.9. The molecule has 1 fully saturated rings. The Hall–Kier alpha value is -2.60. The summed E-state index contributed by atoms with van der Waals surface area (Å²) >= 11 is 0. The molecule has 0 saturated heterocycles. The highest BCUT2D eigenvalue weighted by Crippen LogP contribution is 2.31. The number of benzene rings is 1. The van der Waals surface area contributed by atoms with Gasteiger partial charge in [0.25, 0.3) is 5.91 Å². The highest BCUT2D eigenvalue weighted by molar-refractivity contribution is 6.02. The Morgan fingerprint density at radius 3 is 2.42 bits per heavy atom. The van der Waals surface area contributed by atoms with E-state index in [4.69, 9.17) is 10.2 Å². The summed E-state index contributed by atoms with van der Waals surface area (Å²) in [5.74, 6) is 0.232. The van der Waals surface area contributed by atoms with Crippen molar-refractivity contribution in [2.24, 2.45) is 17.6 Å². The van der Waals surface area contributed by atoms with Crippen molar-refractivity contribution >= 4 is 23.2 Å². The topological polar surface area (TPSA) is 97.4 Å². The number of carbonyl (C=O) groups is 2. The van der Waals surface area contributed by atoms with Crippen LogP contribution in [0, 0.1) is 11.8 Å². The predicted molar refractivity (Wildman–Crippen MR) is 91.6 cm³/mol. The Labute approximate surface area is 140 Å². The van der Waals surface area contributed by atoms with E-state index in [2.05, 4.69) is 10.6 Å². The second-order valence-electron chi connectivity index (χ2n) is 6.03. The average Bonchev–Trinajstić information content (AvgIpc) is 3.28. The van der Waals surface area contributed by atoms with Crippen molar-refractivity contribution in [3.8, 4) is 0 Å². The largest absolute Gasteiger partial charge is 0.459 e. The van der Waals surface area contributed by atoms with E-state index < -0.39 is 0 Å². The molecular formula is C18H21N3O3. The summed E-state index contributed by atoms with van der Waals surface area (Å²) < 4.78 is 5.04. The van der Waals surface area contributed by atoms with Crippen LogP contribution in [0.5, 0.6) is 0 Å². The minimum atomic E-state index is -0.312. The first kappa shape index (κ1) is 16.3. The summed E-state index contributed by atoms with van der Waals surface area (Å²) in [5, 5.41) is 5.66. The fraction of sp³-hybridized carbons (Fsp3) is 0.333. The molecule has 0 bridgehead atoms. The minimum absolute atomic E-state index is 0.00617. The summed E-state index contributed by atoms with van der Waals surface area (Å²) in [7, 11) is 0. The van der Waals surface area contributed by atoms with Crippen molar-refractivity contribution in [1.29, 1.82) is 0 Å². The number of amides is 2. The summed E-state index contributed by atoms with van der Waals surface area (Å²) in [6.45, 7) is 0.551. The van der Waals surface area contributed by atoms with Crippen LogP contribution in [0.25, 0.3) is 0 Å². The van der Waals surface area contributed by atoms with E-state index in [9.17, 15) is 9.59 Å². The van der Waals surface area contributed by atoms with Crippen LogP contribution in [0.15, 0.2) is 47.1 Å². The first-order valence-electron chi connectivity index (χ1n) is 8.13. The molecule has 2 amide bonds. The van der Waals surface area contributed by atoms with Gasteiger partial charge in [-0.25, -0.2) is 0 Å². The summed E-state index contributed by atoms with van der Waals surface area (Å²) in [6, 6.07) is 10.3. The lowest BCUT2D eigenvalue weighted by Crippen LogP contribution is -2.29. The molecule has 2 aromatic rings. The lowest BCUT2D eigenvalue weighted by atomic mass is 9.95. The van der Waals surface area contributed by atoms with Gasteiger partial charge in [-0.15, -0.1) is 0 Å². The number of anilines is 2. The van der Waals surface area contributed by atoms with Crippen LogP contribution < -0.4 is 16.4 Å². The molecule has 6 heteroatoms. The van der Waals surface area contributed by atoms with E-state index in [-0.39, 0.29) is 29.4 Å². The van der Waals surface area contributed by atoms with Gasteiger partial charge in [-0.2, -0.15) is 0 Å². The molecule has 0 radical (unpaired) electrons. The molecule has 0 aliphatic heterocycles. The molecule has 0 unspecified atom stereocenters. The van der Waals surface area contributed by atoms with Crippen LogP contribution in [0.4, 0.5) is 11.4 Å². The number of hydrogen-bond acceptors (Lipinski definition) is 4. The third kappa shape index (κ3) is 3.65. The Balaban J connectivity index is 1.58. The predicted octanol–water partition coefficient (Wildman–Crippen LogP) is 2.85. The van der Waals surface area contributed by atoms with Crippen molar-refractivity contribution in [2.45, 2.75) is 19.3 Å². The molecular weight excluding hydrogens is 306 g/mol. The normalized spacial score (nSPS) is 19.9. The van der Waals surface area contributed by atoms with E-state index >= 15 is 0 Å². The van der Waals surface area contributed by atoms with Crippen LogP contribution in [-0.4, -0.2) is 18.4 Å². The SMILES string of the molecule is NC[C@H]1CCC[C@H]1C(=O)Nc1ccc(NC(=O)c2ccco2)cc1. The summed E-state index contributed by atoms with van der Waals surface area (Å²) in [4.78, 5) is 24.2. The maximum absolute atomic E-state index is 12.4. The summed E-state index contributed by atoms with van der Waals surface area (Å²) in [5.41, 5.74) is 7.08. The molecule has 1 aliphatic carbocycles. The Morgan fingerprint density at radius 2 is 1.79 bits per heavy atom. The van der Waals surface area contributed by atoms with Crippen LogP contribution in [-0.2, 0) is 4.79 Å². The summed E-state index contributed by atoms with van der Waals surface area (Å²) in [6.07, 6.45) is 4.42. The quantitative estimate of drug-likeness (QED) is 0.786. The average molecular weight is 327 g/mol. The van der Waals surface area contributed by atoms with Crippen molar-refractivity contribution in [3.63, 3.8) is 0 Å². The first-order valence-corrected chi connectivity index (χ1v) is 8.13. The van der Waals surface area contributed by atoms with Crippen LogP contribution in [0.2, 0.25) is 0 Å². The maximum atomic E-state index is 12.4. The van der Waals surface area contributed by atoms with Gasteiger partial charge in [-0.3, -0.25) is 9.59 Å². The van der Waals surface area contributed by atoms with Gasteiger partial charge in [-0.1, -0.05) is 6.42 Å². The second kappa shape index (κ2) is 7.31. The van der Waals surface area contributed by atoms with Crippen molar-refractivity contribution in [1.82, 2.24) is 0 Å². The van der Waals surface area contributed by atoms with E-state index in [1.807, 2.05) is 0 Å². The number of nitrogens with one attached hydrogen (secondary N) is 2.